The Morgan fingerprint density at radius 3 is 2.60 bits per heavy atom. The Hall–Kier alpha value is -4.10. The van der Waals surface area contributed by atoms with Gasteiger partial charge in [-0.1, -0.05) is 60.7 Å². The Labute approximate surface area is 210 Å². The lowest BCUT2D eigenvalue weighted by atomic mass is 10.1. The van der Waals surface area contributed by atoms with Crippen LogP contribution in [0.25, 0.3) is 21.7 Å². The number of nitrogens with one attached hydrogen (secondary N) is 1. The van der Waals surface area contributed by atoms with Crippen LogP contribution < -0.4 is 14.9 Å². The van der Waals surface area contributed by atoms with Crippen LogP contribution in [-0.2, 0) is 6.61 Å². The summed E-state index contributed by atoms with van der Waals surface area (Å²) >= 11 is 3.57. The molecule has 35 heavy (non-hydrogen) atoms. The maximum atomic E-state index is 12.4. The molecular formula is C28H21BrN2O4. The van der Waals surface area contributed by atoms with Crippen LogP contribution in [-0.4, -0.2) is 19.2 Å². The molecule has 0 fully saturated rings. The molecule has 0 aliphatic carbocycles. The highest BCUT2D eigenvalue weighted by Gasteiger charge is 2.14. The third-order valence-corrected chi connectivity index (χ3v) is 6.12. The van der Waals surface area contributed by atoms with Gasteiger partial charge in [-0.15, -0.1) is 0 Å². The van der Waals surface area contributed by atoms with Crippen LogP contribution in [0.5, 0.6) is 11.5 Å². The molecule has 0 saturated heterocycles. The van der Waals surface area contributed by atoms with Crippen molar-refractivity contribution >= 4 is 49.8 Å². The predicted molar refractivity (Wildman–Crippen MR) is 140 cm³/mol. The number of carbonyl (C=O) groups is 1. The molecule has 0 radical (unpaired) electrons. The van der Waals surface area contributed by atoms with Gasteiger partial charge in [-0.05, 0) is 62.1 Å². The van der Waals surface area contributed by atoms with Crippen LogP contribution >= 0.6 is 15.9 Å². The second-order valence-corrected chi connectivity index (χ2v) is 8.66. The van der Waals surface area contributed by atoms with Gasteiger partial charge in [0, 0.05) is 5.39 Å². The van der Waals surface area contributed by atoms with Gasteiger partial charge in [0.15, 0.2) is 17.3 Å². The van der Waals surface area contributed by atoms with Gasteiger partial charge in [-0.2, -0.15) is 5.10 Å². The van der Waals surface area contributed by atoms with Gasteiger partial charge in [0.2, 0.25) is 0 Å². The van der Waals surface area contributed by atoms with Crippen LogP contribution in [0.15, 0.2) is 98.9 Å². The highest BCUT2D eigenvalue weighted by molar-refractivity contribution is 9.10. The van der Waals surface area contributed by atoms with Crippen LogP contribution in [0.3, 0.4) is 0 Å². The molecule has 174 valence electrons. The van der Waals surface area contributed by atoms with Crippen molar-refractivity contribution in [2.75, 3.05) is 7.11 Å². The average molecular weight is 529 g/mol. The molecule has 1 amide bonds. The third kappa shape index (κ3) is 4.90. The number of furan rings is 1. The van der Waals surface area contributed by atoms with Crippen LogP contribution in [0.1, 0.15) is 21.7 Å². The maximum absolute atomic E-state index is 12.4. The van der Waals surface area contributed by atoms with Crippen molar-refractivity contribution in [2.24, 2.45) is 5.10 Å². The molecule has 0 aliphatic heterocycles. The molecule has 0 saturated carbocycles. The normalized spacial score (nSPS) is 11.3. The molecule has 0 spiro atoms. The number of hydrogen-bond acceptors (Lipinski definition) is 5. The minimum atomic E-state index is -0.432. The summed E-state index contributed by atoms with van der Waals surface area (Å²) in [5.74, 6) is 0.895. The number of hydrogen-bond donors (Lipinski definition) is 1. The SMILES string of the molecule is COc1cc(/C=N\NC(=O)c2cc3ccccc3o2)cc(Br)c1OCc1cccc2ccccc12. The Morgan fingerprint density at radius 1 is 1.00 bits per heavy atom. The summed E-state index contributed by atoms with van der Waals surface area (Å²) in [5.41, 5.74) is 4.94. The minimum absolute atomic E-state index is 0.194. The van der Waals surface area contributed by atoms with Crippen molar-refractivity contribution in [2.45, 2.75) is 6.61 Å². The van der Waals surface area contributed by atoms with E-state index >= 15 is 0 Å². The van der Waals surface area contributed by atoms with Crippen molar-refractivity contribution < 1.29 is 18.7 Å². The number of carbonyl (C=O) groups excluding carboxylic acids is 1. The molecule has 0 bridgehead atoms. The zero-order valence-electron chi connectivity index (χ0n) is 18.8. The number of benzene rings is 4. The van der Waals surface area contributed by atoms with Crippen molar-refractivity contribution in [1.82, 2.24) is 5.43 Å². The van der Waals surface area contributed by atoms with Gasteiger partial charge >= 0.3 is 5.91 Å². The number of fused-ring (bicyclic) bond motifs is 2. The fourth-order valence-corrected chi connectivity index (χ4v) is 4.41. The zero-order valence-corrected chi connectivity index (χ0v) is 20.4. The number of nitrogens with zero attached hydrogens (tertiary/aromatic N) is 1. The Kier molecular flexibility index (Phi) is 6.50. The number of halogens is 1. The third-order valence-electron chi connectivity index (χ3n) is 5.53. The number of amides is 1. The standard InChI is InChI=1S/C28H21BrN2O4/c1-33-25-14-18(16-30-31-28(32)26-15-20-8-3-5-12-24(20)35-26)13-23(29)27(25)34-17-21-10-6-9-19-7-2-4-11-22(19)21/h2-16H,17H2,1H3,(H,31,32)/b30-16-. The van der Waals surface area contributed by atoms with E-state index in [-0.39, 0.29) is 5.76 Å². The molecule has 7 heteroatoms. The van der Waals surface area contributed by atoms with E-state index in [0.717, 1.165) is 27.3 Å². The Balaban J connectivity index is 1.29. The largest absolute Gasteiger partial charge is 0.493 e. The first kappa shape index (κ1) is 22.7. The van der Waals surface area contributed by atoms with E-state index in [1.54, 1.807) is 19.2 Å². The molecular weight excluding hydrogens is 508 g/mol. The van der Waals surface area contributed by atoms with E-state index in [2.05, 4.69) is 50.7 Å². The summed E-state index contributed by atoms with van der Waals surface area (Å²) in [6.07, 6.45) is 1.53. The summed E-state index contributed by atoms with van der Waals surface area (Å²) in [4.78, 5) is 12.4. The maximum Gasteiger partial charge on any atom is 0.307 e. The summed E-state index contributed by atoms with van der Waals surface area (Å²) < 4.78 is 18.0. The molecule has 0 atom stereocenters. The van der Waals surface area contributed by atoms with Crippen molar-refractivity contribution in [1.29, 1.82) is 0 Å². The van der Waals surface area contributed by atoms with Gasteiger partial charge < -0.3 is 13.9 Å². The van der Waals surface area contributed by atoms with E-state index in [4.69, 9.17) is 13.9 Å². The lowest BCUT2D eigenvalue weighted by Crippen LogP contribution is -2.16. The van der Waals surface area contributed by atoms with E-state index in [0.29, 0.717) is 28.2 Å². The van der Waals surface area contributed by atoms with Crippen LogP contribution in [0, 0.1) is 0 Å². The van der Waals surface area contributed by atoms with Crippen LogP contribution in [0.4, 0.5) is 0 Å². The van der Waals surface area contributed by atoms with Gasteiger partial charge in [-0.25, -0.2) is 5.43 Å². The lowest BCUT2D eigenvalue weighted by Gasteiger charge is -2.14. The predicted octanol–water partition coefficient (Wildman–Crippen LogP) is 6.70. The molecule has 5 aromatic rings. The first-order chi connectivity index (χ1) is 17.1. The Bertz CT molecular complexity index is 1520. The first-order valence-corrected chi connectivity index (χ1v) is 11.7. The monoisotopic (exact) mass is 528 g/mol. The van der Waals surface area contributed by atoms with Crippen LogP contribution in [0.2, 0.25) is 0 Å². The Morgan fingerprint density at radius 2 is 1.77 bits per heavy atom. The number of rotatable bonds is 7. The number of hydrazone groups is 1. The van der Waals surface area contributed by atoms with Crippen molar-refractivity contribution in [3.8, 4) is 11.5 Å². The fourth-order valence-electron chi connectivity index (χ4n) is 3.84. The van der Waals surface area contributed by atoms with E-state index in [1.807, 2.05) is 48.5 Å². The molecule has 4 aromatic carbocycles. The summed E-state index contributed by atoms with van der Waals surface area (Å²) in [5, 5.41) is 7.23. The van der Waals surface area contributed by atoms with Crippen molar-refractivity contribution in [3.63, 3.8) is 0 Å². The van der Waals surface area contributed by atoms with E-state index < -0.39 is 5.91 Å². The molecule has 5 rings (SSSR count). The molecule has 6 nitrogen and oxygen atoms in total. The molecule has 1 heterocycles. The molecule has 0 unspecified atom stereocenters. The van der Waals surface area contributed by atoms with Gasteiger partial charge in [0.1, 0.15) is 12.2 Å². The smallest absolute Gasteiger partial charge is 0.307 e. The lowest BCUT2D eigenvalue weighted by molar-refractivity contribution is 0.0929. The molecule has 1 aromatic heterocycles. The minimum Gasteiger partial charge on any atom is -0.493 e. The quantitative estimate of drug-likeness (QED) is 0.188. The fraction of sp³-hybridized carbons (Fsp3) is 0.0714. The molecule has 1 N–H and O–H groups in total. The number of methoxy groups -OCH3 is 1. The first-order valence-electron chi connectivity index (χ1n) is 10.9. The summed E-state index contributed by atoms with van der Waals surface area (Å²) in [7, 11) is 1.58. The second kappa shape index (κ2) is 10.0. The topological polar surface area (TPSA) is 73.1 Å². The second-order valence-electron chi connectivity index (χ2n) is 7.81. The zero-order chi connectivity index (χ0) is 24.2. The van der Waals surface area contributed by atoms with Gasteiger partial charge in [0.25, 0.3) is 0 Å². The van der Waals surface area contributed by atoms with Gasteiger partial charge in [-0.3, -0.25) is 4.79 Å². The summed E-state index contributed by atoms with van der Waals surface area (Å²) in [6, 6.07) is 27.1. The summed E-state index contributed by atoms with van der Waals surface area (Å²) in [6.45, 7) is 0.386. The average Bonchev–Trinajstić information content (AvgIpc) is 3.32. The van der Waals surface area contributed by atoms with Crippen molar-refractivity contribution in [3.05, 3.63) is 106 Å². The van der Waals surface area contributed by atoms with Gasteiger partial charge in [0.05, 0.1) is 17.8 Å². The van der Waals surface area contributed by atoms with E-state index in [9.17, 15) is 4.79 Å². The highest BCUT2D eigenvalue weighted by Crippen LogP contribution is 2.37. The van der Waals surface area contributed by atoms with E-state index in [1.165, 1.54) is 6.21 Å². The molecule has 0 aliphatic rings. The number of para-hydroxylation sites is 1. The number of ether oxygens (including phenoxy) is 2. The highest BCUT2D eigenvalue weighted by atomic mass is 79.9.